The fourth-order valence-electron chi connectivity index (χ4n) is 4.62. The summed E-state index contributed by atoms with van der Waals surface area (Å²) >= 11 is 0. The molecule has 3 heterocycles. The van der Waals surface area contributed by atoms with Crippen LogP contribution in [-0.2, 0) is 6.54 Å². The molecule has 1 unspecified atom stereocenters. The Kier molecular flexibility index (Phi) is 6.98. The number of hydrogen-bond donors (Lipinski definition) is 1. The Bertz CT molecular complexity index is 1320. The van der Waals surface area contributed by atoms with Gasteiger partial charge in [0.25, 0.3) is 5.91 Å². The van der Waals surface area contributed by atoms with Crippen molar-refractivity contribution in [3.63, 3.8) is 0 Å². The number of H-pyrrole nitrogens is 1. The largest absolute Gasteiger partial charge is 0.490 e. The van der Waals surface area contributed by atoms with E-state index in [1.54, 1.807) is 12.4 Å². The smallest absolute Gasteiger partial charge is 0.273 e. The number of rotatable bonds is 10. The molecule has 1 atom stereocenters. The summed E-state index contributed by atoms with van der Waals surface area (Å²) in [4.78, 5) is 19.8. The van der Waals surface area contributed by atoms with E-state index in [0.29, 0.717) is 37.0 Å². The summed E-state index contributed by atoms with van der Waals surface area (Å²) in [7, 11) is 0. The Morgan fingerprint density at radius 3 is 2.61 bits per heavy atom. The van der Waals surface area contributed by atoms with Crippen molar-refractivity contribution in [2.75, 3.05) is 13.2 Å². The molecule has 0 aliphatic carbocycles. The fourth-order valence-corrected chi connectivity index (χ4v) is 4.62. The number of pyridine rings is 1. The second-order valence-electron chi connectivity index (χ2n) is 8.76. The maximum atomic E-state index is 13.7. The lowest BCUT2D eigenvalue weighted by Gasteiger charge is -2.27. The second kappa shape index (κ2) is 10.6. The molecule has 0 fully saturated rings. The van der Waals surface area contributed by atoms with Crippen LogP contribution in [0.1, 0.15) is 59.9 Å². The third kappa shape index (κ3) is 4.56. The number of carbonyl (C=O) groups is 1. The Balaban J connectivity index is 1.60. The van der Waals surface area contributed by atoms with Gasteiger partial charge in [-0.1, -0.05) is 55.8 Å². The van der Waals surface area contributed by atoms with E-state index in [9.17, 15) is 4.79 Å². The van der Waals surface area contributed by atoms with Crippen LogP contribution in [0.4, 0.5) is 0 Å². The van der Waals surface area contributed by atoms with Crippen LogP contribution in [0.15, 0.2) is 73.1 Å². The quantitative estimate of drug-likeness (QED) is 0.289. The molecule has 1 aliphatic heterocycles. The third-order valence-electron chi connectivity index (χ3n) is 6.33. The highest BCUT2D eigenvalue weighted by molar-refractivity contribution is 6.00. The highest BCUT2D eigenvalue weighted by Gasteiger charge is 2.42. The molecule has 0 radical (unpaired) electrons. The van der Waals surface area contributed by atoms with E-state index in [4.69, 9.17) is 9.47 Å². The van der Waals surface area contributed by atoms with Crippen molar-refractivity contribution >= 4 is 5.91 Å². The average Bonchev–Trinajstić information content (AvgIpc) is 3.45. The number of aromatic nitrogens is 3. The maximum absolute atomic E-state index is 13.7. The van der Waals surface area contributed by atoms with Crippen LogP contribution in [0.25, 0.3) is 11.3 Å². The highest BCUT2D eigenvalue weighted by atomic mass is 16.5. The molecule has 5 rings (SSSR count). The summed E-state index contributed by atoms with van der Waals surface area (Å²) < 4.78 is 12.0. The molecule has 7 nitrogen and oxygen atoms in total. The van der Waals surface area contributed by atoms with E-state index in [1.165, 1.54) is 0 Å². The first-order chi connectivity index (χ1) is 17.7. The van der Waals surface area contributed by atoms with Gasteiger partial charge in [0, 0.05) is 30.1 Å². The summed E-state index contributed by atoms with van der Waals surface area (Å²) in [5.74, 6) is 1.31. The van der Waals surface area contributed by atoms with Crippen LogP contribution in [0, 0.1) is 0 Å². The molecule has 7 heteroatoms. The maximum Gasteiger partial charge on any atom is 0.273 e. The van der Waals surface area contributed by atoms with E-state index in [1.807, 2.05) is 72.5 Å². The zero-order valence-corrected chi connectivity index (χ0v) is 20.6. The van der Waals surface area contributed by atoms with E-state index < -0.39 is 0 Å². The predicted octanol–water partition coefficient (Wildman–Crippen LogP) is 5.79. The fraction of sp³-hybridized carbons (Fsp3) is 0.276. The number of amides is 1. The van der Waals surface area contributed by atoms with Gasteiger partial charge in [-0.25, -0.2) is 0 Å². The van der Waals surface area contributed by atoms with Crippen molar-refractivity contribution < 1.29 is 14.3 Å². The van der Waals surface area contributed by atoms with Gasteiger partial charge in [-0.15, -0.1) is 0 Å². The minimum Gasteiger partial charge on any atom is -0.490 e. The molecule has 0 saturated carbocycles. The molecule has 0 bridgehead atoms. The van der Waals surface area contributed by atoms with Gasteiger partial charge in [0.15, 0.2) is 11.5 Å². The van der Waals surface area contributed by atoms with Crippen LogP contribution in [0.2, 0.25) is 0 Å². The topological polar surface area (TPSA) is 80.3 Å². The lowest BCUT2D eigenvalue weighted by atomic mass is 9.95. The van der Waals surface area contributed by atoms with Crippen molar-refractivity contribution in [3.8, 4) is 22.8 Å². The minimum absolute atomic E-state index is 0.0882. The zero-order valence-electron chi connectivity index (χ0n) is 20.6. The number of hydrogen-bond acceptors (Lipinski definition) is 5. The molecular formula is C29H30N4O3. The van der Waals surface area contributed by atoms with Crippen LogP contribution in [-0.4, -0.2) is 39.2 Å². The van der Waals surface area contributed by atoms with Crippen molar-refractivity contribution in [2.24, 2.45) is 0 Å². The van der Waals surface area contributed by atoms with Crippen LogP contribution >= 0.6 is 0 Å². The minimum atomic E-state index is -0.342. The Hall–Kier alpha value is -4.13. The number of nitrogens with zero attached hydrogens (tertiary/aromatic N) is 3. The van der Waals surface area contributed by atoms with E-state index >= 15 is 0 Å². The molecule has 1 aliphatic rings. The highest BCUT2D eigenvalue weighted by Crippen LogP contribution is 2.45. The van der Waals surface area contributed by atoms with Gasteiger partial charge in [0.2, 0.25) is 0 Å². The zero-order chi connectivity index (χ0) is 24.9. The van der Waals surface area contributed by atoms with Crippen molar-refractivity contribution in [1.82, 2.24) is 20.1 Å². The molecule has 36 heavy (non-hydrogen) atoms. The Morgan fingerprint density at radius 2 is 1.86 bits per heavy atom. The van der Waals surface area contributed by atoms with Gasteiger partial charge in [-0.3, -0.25) is 14.9 Å². The Labute approximate surface area is 211 Å². The van der Waals surface area contributed by atoms with E-state index in [-0.39, 0.29) is 11.9 Å². The molecule has 0 saturated heterocycles. The van der Waals surface area contributed by atoms with Crippen LogP contribution < -0.4 is 9.47 Å². The van der Waals surface area contributed by atoms with Crippen molar-refractivity contribution in [2.45, 2.75) is 39.3 Å². The number of ether oxygens (including phenoxy) is 2. The summed E-state index contributed by atoms with van der Waals surface area (Å²) in [6.45, 7) is 5.67. The second-order valence-corrected chi connectivity index (χ2v) is 8.76. The summed E-state index contributed by atoms with van der Waals surface area (Å²) in [5.41, 5.74) is 5.02. The number of aromatic amines is 1. The third-order valence-corrected chi connectivity index (χ3v) is 6.33. The molecule has 4 aromatic rings. The standard InChI is InChI=1S/C29H30N4O3/c1-3-5-16-36-23-14-13-22(17-24(23)35-4-2)28-25-26(21-11-7-6-8-12-21)31-32-27(25)29(34)33(28)19-20-10-9-15-30-18-20/h6-15,17-18,28H,3-5,16,19H2,1-2H3,(H,31,32). The molecule has 2 aromatic carbocycles. The van der Waals surface area contributed by atoms with Gasteiger partial charge in [0.1, 0.15) is 5.69 Å². The van der Waals surface area contributed by atoms with Crippen LogP contribution in [0.5, 0.6) is 11.5 Å². The number of carbonyl (C=O) groups excluding carboxylic acids is 1. The van der Waals surface area contributed by atoms with Crippen molar-refractivity contribution in [3.05, 3.63) is 95.4 Å². The summed E-state index contributed by atoms with van der Waals surface area (Å²) in [6, 6.07) is 19.4. The van der Waals surface area contributed by atoms with Gasteiger partial charge >= 0.3 is 0 Å². The average molecular weight is 483 g/mol. The summed E-state index contributed by atoms with van der Waals surface area (Å²) in [6.07, 6.45) is 5.56. The molecule has 2 aromatic heterocycles. The number of fused-ring (bicyclic) bond motifs is 1. The lowest BCUT2D eigenvalue weighted by Crippen LogP contribution is -2.29. The first-order valence-corrected chi connectivity index (χ1v) is 12.4. The lowest BCUT2D eigenvalue weighted by molar-refractivity contribution is 0.0729. The van der Waals surface area contributed by atoms with E-state index in [2.05, 4.69) is 22.1 Å². The number of nitrogens with one attached hydrogen (secondary N) is 1. The molecule has 1 N–H and O–H groups in total. The predicted molar refractivity (Wildman–Crippen MR) is 138 cm³/mol. The Morgan fingerprint density at radius 1 is 1.00 bits per heavy atom. The molecule has 0 spiro atoms. The van der Waals surface area contributed by atoms with Gasteiger partial charge in [-0.2, -0.15) is 5.10 Å². The first kappa shape index (κ1) is 23.6. The normalized spacial score (nSPS) is 14.7. The SMILES string of the molecule is CCCCOc1ccc(C2c3c(-c4ccccc4)n[nH]c3C(=O)N2Cc2cccnc2)cc1OCC. The molecule has 1 amide bonds. The molecule has 184 valence electrons. The van der Waals surface area contributed by atoms with Gasteiger partial charge < -0.3 is 14.4 Å². The summed E-state index contributed by atoms with van der Waals surface area (Å²) in [5, 5.41) is 7.58. The van der Waals surface area contributed by atoms with Crippen molar-refractivity contribution in [1.29, 1.82) is 0 Å². The van der Waals surface area contributed by atoms with Gasteiger partial charge in [-0.05, 0) is 42.7 Å². The first-order valence-electron chi connectivity index (χ1n) is 12.4. The van der Waals surface area contributed by atoms with Gasteiger partial charge in [0.05, 0.1) is 24.9 Å². The number of benzene rings is 2. The monoisotopic (exact) mass is 482 g/mol. The van der Waals surface area contributed by atoms with Crippen LogP contribution in [0.3, 0.4) is 0 Å². The van der Waals surface area contributed by atoms with E-state index in [0.717, 1.165) is 40.8 Å². The molecular weight excluding hydrogens is 452 g/mol. The number of unbranched alkanes of at least 4 members (excludes halogenated alkanes) is 1.